The minimum atomic E-state index is -4.89. The van der Waals surface area contributed by atoms with Gasteiger partial charge < -0.3 is 20.3 Å². The molecule has 0 amide bonds. The van der Waals surface area contributed by atoms with E-state index in [1.807, 2.05) is 0 Å². The molecular formula is C25H18ClF4N3O3. The summed E-state index contributed by atoms with van der Waals surface area (Å²) in [6.45, 7) is -0.241. The Morgan fingerprint density at radius 2 is 1.75 bits per heavy atom. The molecule has 4 aromatic rings. The monoisotopic (exact) mass is 519 g/mol. The number of rotatable bonds is 6. The van der Waals surface area contributed by atoms with Crippen molar-refractivity contribution in [2.24, 2.45) is 0 Å². The number of aromatic nitrogens is 2. The molecule has 11 heteroatoms. The third-order valence-electron chi connectivity index (χ3n) is 5.24. The van der Waals surface area contributed by atoms with Gasteiger partial charge >= 0.3 is 6.18 Å². The number of nitrogens with two attached hydrogens (primary N) is 1. The number of para-hydroxylation sites is 1. The van der Waals surface area contributed by atoms with Crippen molar-refractivity contribution in [2.75, 3.05) is 12.8 Å². The van der Waals surface area contributed by atoms with Crippen LogP contribution in [-0.4, -0.2) is 22.2 Å². The lowest BCUT2D eigenvalue weighted by atomic mass is 9.96. The predicted molar refractivity (Wildman–Crippen MR) is 126 cm³/mol. The molecule has 6 nitrogen and oxygen atoms in total. The van der Waals surface area contributed by atoms with Gasteiger partial charge in [-0.05, 0) is 30.3 Å². The van der Waals surface area contributed by atoms with Gasteiger partial charge in [0.05, 0.1) is 17.8 Å². The van der Waals surface area contributed by atoms with Gasteiger partial charge in [-0.2, -0.15) is 13.2 Å². The van der Waals surface area contributed by atoms with Crippen LogP contribution in [-0.2, 0) is 12.8 Å². The minimum Gasteiger partial charge on any atom is -0.507 e. The number of halogens is 5. The third kappa shape index (κ3) is 4.99. The summed E-state index contributed by atoms with van der Waals surface area (Å²) in [5, 5.41) is 10.9. The molecule has 0 radical (unpaired) electrons. The second kappa shape index (κ2) is 9.90. The molecule has 0 aliphatic rings. The van der Waals surface area contributed by atoms with Gasteiger partial charge in [-0.25, -0.2) is 14.4 Å². The van der Waals surface area contributed by atoms with Crippen molar-refractivity contribution in [1.82, 2.24) is 9.97 Å². The molecule has 0 spiro atoms. The first-order valence-corrected chi connectivity index (χ1v) is 10.7. The number of ether oxygens (including phenoxy) is 2. The Bertz CT molecular complexity index is 1410. The summed E-state index contributed by atoms with van der Waals surface area (Å²) in [4.78, 5) is 7.46. The molecule has 0 saturated heterocycles. The lowest BCUT2D eigenvalue weighted by Crippen LogP contribution is -2.14. The van der Waals surface area contributed by atoms with Crippen molar-refractivity contribution in [2.45, 2.75) is 12.8 Å². The lowest BCUT2D eigenvalue weighted by molar-refractivity contribution is -0.140. The number of phenolic OH excluding ortho intramolecular Hbond substituents is 1. The van der Waals surface area contributed by atoms with Gasteiger partial charge in [0.15, 0.2) is 5.69 Å². The van der Waals surface area contributed by atoms with Crippen LogP contribution < -0.4 is 15.2 Å². The first kappa shape index (κ1) is 25.1. The van der Waals surface area contributed by atoms with E-state index in [0.717, 1.165) is 0 Å². The normalized spacial score (nSPS) is 11.4. The number of anilines is 1. The quantitative estimate of drug-likeness (QED) is 0.283. The van der Waals surface area contributed by atoms with E-state index >= 15 is 0 Å². The number of methoxy groups -OCH3 is 1. The zero-order valence-corrected chi connectivity index (χ0v) is 19.4. The zero-order chi connectivity index (χ0) is 26.0. The number of aromatic hydroxyl groups is 1. The van der Waals surface area contributed by atoms with E-state index < -0.39 is 34.9 Å². The summed E-state index contributed by atoms with van der Waals surface area (Å²) in [6.07, 6.45) is -4.89. The summed E-state index contributed by atoms with van der Waals surface area (Å²) in [6, 6.07) is 14.1. The standard InChI is InChI=1S/C25H18ClF4N3O3/c1-35-20-8-3-2-5-15(20)21-22(32-24(31)33-23(21)25(28,29)30)14-10-9-13(11-19(14)34)36-12-16-17(26)6-4-7-18(16)27/h2-11,34H,12H2,1H3,(H2,31,32,33). The fourth-order valence-electron chi connectivity index (χ4n) is 3.61. The van der Waals surface area contributed by atoms with Gasteiger partial charge in [-0.3, -0.25) is 0 Å². The van der Waals surface area contributed by atoms with Crippen LogP contribution in [0.5, 0.6) is 17.2 Å². The van der Waals surface area contributed by atoms with Gasteiger partial charge in [0.2, 0.25) is 5.95 Å². The van der Waals surface area contributed by atoms with E-state index in [1.54, 1.807) is 6.07 Å². The number of alkyl halides is 3. The van der Waals surface area contributed by atoms with Crippen LogP contribution in [0.4, 0.5) is 23.5 Å². The summed E-state index contributed by atoms with van der Waals surface area (Å²) in [5.74, 6) is -1.40. The number of nitrogens with zero attached hydrogens (tertiary/aromatic N) is 2. The summed E-state index contributed by atoms with van der Waals surface area (Å²) < 4.78 is 66.9. The van der Waals surface area contributed by atoms with Crippen LogP contribution in [0, 0.1) is 5.82 Å². The summed E-state index contributed by atoms with van der Waals surface area (Å²) in [5.41, 5.74) is 3.75. The second-order valence-electron chi connectivity index (χ2n) is 7.52. The van der Waals surface area contributed by atoms with Crippen molar-refractivity contribution in [3.05, 3.63) is 82.8 Å². The van der Waals surface area contributed by atoms with E-state index in [9.17, 15) is 22.7 Å². The Balaban J connectivity index is 1.82. The molecule has 0 atom stereocenters. The minimum absolute atomic E-state index is 0.0521. The molecule has 1 heterocycles. The molecule has 0 saturated carbocycles. The number of nitrogen functional groups attached to an aromatic ring is 1. The second-order valence-corrected chi connectivity index (χ2v) is 7.93. The van der Waals surface area contributed by atoms with Crippen molar-refractivity contribution in [1.29, 1.82) is 0 Å². The molecule has 4 rings (SSSR count). The number of phenols is 1. The smallest absolute Gasteiger partial charge is 0.434 e. The fourth-order valence-corrected chi connectivity index (χ4v) is 3.83. The Kier molecular flexibility index (Phi) is 6.89. The van der Waals surface area contributed by atoms with Gasteiger partial charge in [-0.1, -0.05) is 35.9 Å². The average molecular weight is 520 g/mol. The fraction of sp³-hybridized carbons (Fsp3) is 0.120. The highest BCUT2D eigenvalue weighted by Crippen LogP contribution is 2.46. The first-order valence-electron chi connectivity index (χ1n) is 10.4. The van der Waals surface area contributed by atoms with Crippen molar-refractivity contribution in [3.8, 4) is 39.6 Å². The van der Waals surface area contributed by atoms with Crippen LogP contribution in [0.3, 0.4) is 0 Å². The molecule has 0 aliphatic carbocycles. The van der Waals surface area contributed by atoms with Crippen LogP contribution in [0.2, 0.25) is 5.02 Å². The Morgan fingerprint density at radius 1 is 1.00 bits per heavy atom. The van der Waals surface area contributed by atoms with E-state index in [2.05, 4.69) is 9.97 Å². The van der Waals surface area contributed by atoms with E-state index in [-0.39, 0.29) is 45.5 Å². The molecule has 1 aromatic heterocycles. The molecule has 3 N–H and O–H groups in total. The van der Waals surface area contributed by atoms with Crippen LogP contribution >= 0.6 is 11.6 Å². The van der Waals surface area contributed by atoms with Crippen LogP contribution in [0.15, 0.2) is 60.7 Å². The van der Waals surface area contributed by atoms with Crippen molar-refractivity contribution < 1.29 is 32.1 Å². The first-order chi connectivity index (χ1) is 17.1. The van der Waals surface area contributed by atoms with Crippen LogP contribution in [0.25, 0.3) is 22.4 Å². The van der Waals surface area contributed by atoms with E-state index in [0.29, 0.717) is 0 Å². The van der Waals surface area contributed by atoms with E-state index in [1.165, 1.54) is 61.7 Å². The predicted octanol–water partition coefficient (Wildman–Crippen LogP) is 6.50. The lowest BCUT2D eigenvalue weighted by Gasteiger charge is -2.19. The molecule has 3 aromatic carbocycles. The third-order valence-corrected chi connectivity index (χ3v) is 5.59. The van der Waals surface area contributed by atoms with Gasteiger partial charge in [0, 0.05) is 28.3 Å². The molecule has 0 fully saturated rings. The number of hydrogen-bond donors (Lipinski definition) is 2. The highest BCUT2D eigenvalue weighted by atomic mass is 35.5. The molecule has 0 unspecified atom stereocenters. The Morgan fingerprint density at radius 3 is 2.42 bits per heavy atom. The van der Waals surface area contributed by atoms with Gasteiger partial charge in [-0.15, -0.1) is 0 Å². The maximum atomic E-state index is 14.0. The van der Waals surface area contributed by atoms with Crippen LogP contribution in [0.1, 0.15) is 11.3 Å². The largest absolute Gasteiger partial charge is 0.507 e. The number of hydrogen-bond acceptors (Lipinski definition) is 6. The molecule has 0 bridgehead atoms. The topological polar surface area (TPSA) is 90.5 Å². The Labute approximate surface area is 207 Å². The molecular weight excluding hydrogens is 502 g/mol. The van der Waals surface area contributed by atoms with Crippen molar-refractivity contribution >= 4 is 17.5 Å². The Hall–Kier alpha value is -4.05. The van der Waals surface area contributed by atoms with Crippen molar-refractivity contribution in [3.63, 3.8) is 0 Å². The summed E-state index contributed by atoms with van der Waals surface area (Å²) >= 11 is 6.00. The van der Waals surface area contributed by atoms with Gasteiger partial charge in [0.25, 0.3) is 0 Å². The highest BCUT2D eigenvalue weighted by Gasteiger charge is 2.39. The maximum Gasteiger partial charge on any atom is 0.434 e. The molecule has 186 valence electrons. The maximum absolute atomic E-state index is 14.0. The number of benzene rings is 3. The van der Waals surface area contributed by atoms with E-state index in [4.69, 9.17) is 26.8 Å². The summed E-state index contributed by atoms with van der Waals surface area (Å²) in [7, 11) is 1.31. The SMILES string of the molecule is COc1ccccc1-c1c(-c2ccc(OCc3c(F)cccc3Cl)cc2O)nc(N)nc1C(F)(F)F. The average Bonchev–Trinajstić information content (AvgIpc) is 2.83. The molecule has 36 heavy (non-hydrogen) atoms. The highest BCUT2D eigenvalue weighted by molar-refractivity contribution is 6.31. The zero-order valence-electron chi connectivity index (χ0n) is 18.6. The molecule has 0 aliphatic heterocycles. The van der Waals surface area contributed by atoms with Gasteiger partial charge in [0.1, 0.15) is 29.7 Å².